The van der Waals surface area contributed by atoms with Gasteiger partial charge in [-0.3, -0.25) is 0 Å². The maximum atomic E-state index is 12.6. The lowest BCUT2D eigenvalue weighted by Crippen LogP contribution is -2.21. The molecule has 0 heterocycles. The second kappa shape index (κ2) is 5.02. The van der Waals surface area contributed by atoms with Gasteiger partial charge >= 0.3 is 12.1 Å². The van der Waals surface area contributed by atoms with E-state index >= 15 is 0 Å². The Morgan fingerprint density at radius 2 is 1.84 bits per heavy atom. The lowest BCUT2D eigenvalue weighted by atomic mass is 10.1. The summed E-state index contributed by atoms with van der Waals surface area (Å²) in [4.78, 5) is 10.6. The topological polar surface area (TPSA) is 46.5 Å². The van der Waals surface area contributed by atoms with E-state index in [2.05, 4.69) is 4.74 Å². The number of carboxylic acid groups (broad SMARTS) is 1. The molecule has 0 aliphatic rings. The van der Waals surface area contributed by atoms with Crippen molar-refractivity contribution in [1.82, 2.24) is 0 Å². The summed E-state index contributed by atoms with van der Waals surface area (Å²) in [5, 5.41) is 8.62. The monoisotopic (exact) mass is 284 g/mol. The van der Waals surface area contributed by atoms with Crippen molar-refractivity contribution in [3.63, 3.8) is 0 Å². The largest absolute Gasteiger partial charge is 0.487 e. The van der Waals surface area contributed by atoms with Crippen molar-refractivity contribution < 1.29 is 36.6 Å². The summed E-state index contributed by atoms with van der Waals surface area (Å²) >= 11 is 0. The molecule has 0 spiro atoms. The molecule has 8 heteroatoms. The van der Waals surface area contributed by atoms with Crippen LogP contribution in [0.1, 0.15) is 22.8 Å². The van der Waals surface area contributed by atoms with Crippen LogP contribution in [0.2, 0.25) is 0 Å². The molecular formula is C11H9F5O3. The van der Waals surface area contributed by atoms with Crippen LogP contribution in [-0.4, -0.2) is 23.6 Å². The van der Waals surface area contributed by atoms with Crippen LogP contribution in [0.15, 0.2) is 18.2 Å². The Labute approximate surface area is 104 Å². The average molecular weight is 284 g/mol. The lowest BCUT2D eigenvalue weighted by Gasteiger charge is -2.15. The third-order valence-corrected chi connectivity index (χ3v) is 2.02. The van der Waals surface area contributed by atoms with Gasteiger partial charge in [0.05, 0.1) is 11.1 Å². The van der Waals surface area contributed by atoms with Gasteiger partial charge in [-0.15, -0.1) is 0 Å². The van der Waals surface area contributed by atoms with Gasteiger partial charge < -0.3 is 9.84 Å². The summed E-state index contributed by atoms with van der Waals surface area (Å²) in [6.07, 6.45) is -4.91. The minimum atomic E-state index is -4.91. The van der Waals surface area contributed by atoms with E-state index in [4.69, 9.17) is 5.11 Å². The molecule has 0 aliphatic carbocycles. The molecule has 0 bridgehead atoms. The number of benzene rings is 1. The highest BCUT2D eigenvalue weighted by atomic mass is 19.4. The normalized spacial score (nSPS) is 12.3. The minimum Gasteiger partial charge on any atom is -0.487 e. The van der Waals surface area contributed by atoms with Gasteiger partial charge in [-0.2, -0.15) is 13.2 Å². The highest BCUT2D eigenvalue weighted by molar-refractivity contribution is 5.89. The lowest BCUT2D eigenvalue weighted by molar-refractivity contribution is -0.138. The summed E-state index contributed by atoms with van der Waals surface area (Å²) in [5.74, 6) is -5.44. The van der Waals surface area contributed by atoms with Crippen molar-refractivity contribution in [2.45, 2.75) is 19.0 Å². The summed E-state index contributed by atoms with van der Waals surface area (Å²) in [5.41, 5.74) is -2.42. The second-order valence-corrected chi connectivity index (χ2v) is 3.87. The van der Waals surface area contributed by atoms with Crippen LogP contribution in [0.25, 0.3) is 0 Å². The molecule has 0 unspecified atom stereocenters. The quantitative estimate of drug-likeness (QED) is 0.861. The van der Waals surface area contributed by atoms with Crippen molar-refractivity contribution >= 4 is 5.97 Å². The number of ether oxygens (including phenoxy) is 1. The number of halogens is 5. The van der Waals surface area contributed by atoms with Crippen molar-refractivity contribution in [1.29, 1.82) is 0 Å². The minimum absolute atomic E-state index is 0.384. The Morgan fingerprint density at radius 1 is 1.26 bits per heavy atom. The zero-order valence-corrected chi connectivity index (χ0v) is 9.59. The Morgan fingerprint density at radius 3 is 2.26 bits per heavy atom. The molecule has 0 saturated carbocycles. The van der Waals surface area contributed by atoms with Gasteiger partial charge in [0.25, 0.3) is 5.92 Å². The van der Waals surface area contributed by atoms with Crippen LogP contribution in [0.3, 0.4) is 0 Å². The SMILES string of the molecule is CC(F)(F)COc1ccc(C(=O)O)c(C(F)(F)F)c1. The Kier molecular flexibility index (Phi) is 4.02. The van der Waals surface area contributed by atoms with Crippen LogP contribution in [0, 0.1) is 0 Å². The van der Waals surface area contributed by atoms with E-state index in [-0.39, 0.29) is 0 Å². The van der Waals surface area contributed by atoms with Gasteiger partial charge in [-0.25, -0.2) is 13.6 Å². The first-order valence-corrected chi connectivity index (χ1v) is 4.96. The summed E-state index contributed by atoms with van der Waals surface area (Å²) < 4.78 is 67.3. The van der Waals surface area contributed by atoms with Gasteiger partial charge in [0.15, 0.2) is 6.61 Å². The summed E-state index contributed by atoms with van der Waals surface area (Å²) in [6, 6.07) is 1.94. The summed E-state index contributed by atoms with van der Waals surface area (Å²) in [7, 11) is 0. The van der Waals surface area contributed by atoms with E-state index in [0.717, 1.165) is 6.07 Å². The maximum absolute atomic E-state index is 12.6. The van der Waals surface area contributed by atoms with E-state index in [0.29, 0.717) is 19.1 Å². The highest BCUT2D eigenvalue weighted by Gasteiger charge is 2.36. The molecule has 0 fully saturated rings. The van der Waals surface area contributed by atoms with Gasteiger partial charge in [0.2, 0.25) is 0 Å². The molecule has 0 saturated heterocycles. The van der Waals surface area contributed by atoms with Gasteiger partial charge in [-0.05, 0) is 18.2 Å². The molecule has 0 aliphatic heterocycles. The van der Waals surface area contributed by atoms with Crippen LogP contribution < -0.4 is 4.74 Å². The second-order valence-electron chi connectivity index (χ2n) is 3.87. The molecule has 0 atom stereocenters. The fourth-order valence-corrected chi connectivity index (χ4v) is 1.24. The third kappa shape index (κ3) is 4.38. The molecule has 1 aromatic rings. The predicted molar refractivity (Wildman–Crippen MR) is 54.5 cm³/mol. The Balaban J connectivity index is 3.09. The van der Waals surface area contributed by atoms with Crippen molar-refractivity contribution in [3.8, 4) is 5.75 Å². The molecular weight excluding hydrogens is 275 g/mol. The fourth-order valence-electron chi connectivity index (χ4n) is 1.24. The van der Waals surface area contributed by atoms with E-state index in [9.17, 15) is 26.7 Å². The van der Waals surface area contributed by atoms with Crippen molar-refractivity contribution in [2.24, 2.45) is 0 Å². The fraction of sp³-hybridized carbons (Fsp3) is 0.364. The zero-order chi connectivity index (χ0) is 14.8. The number of hydrogen-bond acceptors (Lipinski definition) is 2. The average Bonchev–Trinajstić information content (AvgIpc) is 2.23. The predicted octanol–water partition coefficient (Wildman–Crippen LogP) is 3.44. The van der Waals surface area contributed by atoms with E-state index < -0.39 is 41.6 Å². The van der Waals surface area contributed by atoms with E-state index in [1.807, 2.05) is 0 Å². The molecule has 1 aromatic carbocycles. The third-order valence-electron chi connectivity index (χ3n) is 2.02. The zero-order valence-electron chi connectivity index (χ0n) is 9.59. The van der Waals surface area contributed by atoms with Gasteiger partial charge in [0, 0.05) is 6.92 Å². The number of hydrogen-bond donors (Lipinski definition) is 1. The first kappa shape index (κ1) is 15.2. The van der Waals surface area contributed by atoms with Crippen LogP contribution in [-0.2, 0) is 6.18 Å². The smallest absolute Gasteiger partial charge is 0.417 e. The molecule has 0 amide bonds. The van der Waals surface area contributed by atoms with Gasteiger partial charge in [-0.1, -0.05) is 0 Å². The van der Waals surface area contributed by atoms with Crippen molar-refractivity contribution in [2.75, 3.05) is 6.61 Å². The van der Waals surface area contributed by atoms with Crippen molar-refractivity contribution in [3.05, 3.63) is 29.3 Å². The van der Waals surface area contributed by atoms with Crippen LogP contribution in [0.5, 0.6) is 5.75 Å². The molecule has 3 nitrogen and oxygen atoms in total. The first-order valence-electron chi connectivity index (χ1n) is 4.96. The number of alkyl halides is 5. The molecule has 1 N–H and O–H groups in total. The number of aromatic carboxylic acids is 1. The summed E-state index contributed by atoms with van der Waals surface area (Å²) in [6.45, 7) is -0.556. The standard InChI is InChI=1S/C11H9F5O3/c1-10(12,13)5-19-6-2-3-7(9(17)18)8(4-6)11(14,15)16/h2-4H,5H2,1H3,(H,17,18). The molecule has 1 rings (SSSR count). The molecule has 0 radical (unpaired) electrons. The number of carbonyl (C=O) groups is 1. The Bertz CT molecular complexity index is 476. The maximum Gasteiger partial charge on any atom is 0.417 e. The van der Waals surface area contributed by atoms with Crippen LogP contribution >= 0.6 is 0 Å². The number of rotatable bonds is 4. The first-order chi connectivity index (χ1) is 8.50. The molecule has 106 valence electrons. The van der Waals surface area contributed by atoms with Gasteiger partial charge in [0.1, 0.15) is 5.75 Å². The van der Waals surface area contributed by atoms with E-state index in [1.165, 1.54) is 0 Å². The van der Waals surface area contributed by atoms with Crippen LogP contribution in [0.4, 0.5) is 22.0 Å². The number of carboxylic acids is 1. The molecule has 19 heavy (non-hydrogen) atoms. The molecule has 0 aromatic heterocycles. The van der Waals surface area contributed by atoms with E-state index in [1.54, 1.807) is 0 Å². The Hall–Kier alpha value is -1.86. The highest BCUT2D eigenvalue weighted by Crippen LogP contribution is 2.34.